The fraction of sp³-hybridized carbons (Fsp3) is 0.562. The Morgan fingerprint density at radius 3 is 2.52 bits per heavy atom. The molecule has 2 fully saturated rings. The highest BCUT2D eigenvalue weighted by molar-refractivity contribution is 5.92. The Bertz CT molecular complexity index is 590. The van der Waals surface area contributed by atoms with E-state index in [0.29, 0.717) is 38.4 Å². The number of furan rings is 1. The highest BCUT2D eigenvalue weighted by Gasteiger charge is 2.34. The van der Waals surface area contributed by atoms with Crippen molar-refractivity contribution in [2.45, 2.75) is 25.8 Å². The number of amides is 3. The van der Waals surface area contributed by atoms with Crippen molar-refractivity contribution >= 4 is 17.7 Å². The second kappa shape index (κ2) is 6.44. The summed E-state index contributed by atoms with van der Waals surface area (Å²) in [5.41, 5.74) is 0. The largest absolute Gasteiger partial charge is 0.459 e. The number of rotatable bonds is 2. The Kier molecular flexibility index (Phi) is 4.36. The summed E-state index contributed by atoms with van der Waals surface area (Å²) >= 11 is 0. The van der Waals surface area contributed by atoms with Gasteiger partial charge in [0.05, 0.1) is 6.26 Å². The average molecular weight is 319 g/mol. The molecule has 2 aliphatic rings. The first-order valence-corrected chi connectivity index (χ1v) is 7.95. The van der Waals surface area contributed by atoms with E-state index in [0.717, 1.165) is 0 Å². The van der Waals surface area contributed by atoms with Gasteiger partial charge in [-0.3, -0.25) is 14.4 Å². The number of hydrogen-bond donors (Lipinski definition) is 1. The molecule has 0 bridgehead atoms. The minimum Gasteiger partial charge on any atom is -0.459 e. The van der Waals surface area contributed by atoms with Crippen molar-refractivity contribution in [2.75, 3.05) is 26.2 Å². The van der Waals surface area contributed by atoms with Gasteiger partial charge in [-0.25, -0.2) is 0 Å². The van der Waals surface area contributed by atoms with Crippen LogP contribution in [0.15, 0.2) is 22.8 Å². The third kappa shape index (κ3) is 3.38. The fourth-order valence-corrected chi connectivity index (χ4v) is 3.26. The summed E-state index contributed by atoms with van der Waals surface area (Å²) in [5.74, 6) is -0.105. The van der Waals surface area contributed by atoms with Crippen LogP contribution in [0.25, 0.3) is 0 Å². The number of carbonyl (C=O) groups excluding carboxylic acids is 3. The molecule has 0 unspecified atom stereocenters. The maximum Gasteiger partial charge on any atom is 0.289 e. The van der Waals surface area contributed by atoms with Crippen LogP contribution in [-0.4, -0.2) is 59.7 Å². The van der Waals surface area contributed by atoms with E-state index in [9.17, 15) is 14.4 Å². The molecule has 7 heteroatoms. The van der Waals surface area contributed by atoms with Crippen LogP contribution in [0.3, 0.4) is 0 Å². The molecule has 3 rings (SSSR count). The fourth-order valence-electron chi connectivity index (χ4n) is 3.26. The van der Waals surface area contributed by atoms with E-state index >= 15 is 0 Å². The summed E-state index contributed by atoms with van der Waals surface area (Å²) in [5, 5.41) is 2.83. The standard InChI is InChI=1S/C16H21N3O4/c1-11-9-12(10-14(20)17-11)15(21)18-4-6-19(7-5-18)16(22)13-3-2-8-23-13/h2-3,8,11-12H,4-7,9-10H2,1H3,(H,17,20)/t11-,12-/m1/s1. The smallest absolute Gasteiger partial charge is 0.289 e. The second-order valence-corrected chi connectivity index (χ2v) is 6.20. The van der Waals surface area contributed by atoms with Crippen LogP contribution in [0.2, 0.25) is 0 Å². The van der Waals surface area contributed by atoms with Gasteiger partial charge in [0.25, 0.3) is 5.91 Å². The lowest BCUT2D eigenvalue weighted by Crippen LogP contribution is -2.53. The quantitative estimate of drug-likeness (QED) is 0.859. The van der Waals surface area contributed by atoms with Crippen molar-refractivity contribution in [2.24, 2.45) is 5.92 Å². The van der Waals surface area contributed by atoms with Crippen LogP contribution >= 0.6 is 0 Å². The first-order chi connectivity index (χ1) is 11.0. The van der Waals surface area contributed by atoms with E-state index in [2.05, 4.69) is 5.32 Å². The molecule has 23 heavy (non-hydrogen) atoms. The molecule has 0 radical (unpaired) electrons. The van der Waals surface area contributed by atoms with Gasteiger partial charge in [0.1, 0.15) is 0 Å². The normalized spacial score (nSPS) is 25.2. The van der Waals surface area contributed by atoms with Gasteiger partial charge in [-0.05, 0) is 25.5 Å². The number of nitrogens with one attached hydrogen (secondary N) is 1. The molecule has 0 aromatic carbocycles. The van der Waals surface area contributed by atoms with Gasteiger partial charge in [0.2, 0.25) is 11.8 Å². The Labute approximate surface area is 134 Å². The van der Waals surface area contributed by atoms with Gasteiger partial charge in [0.15, 0.2) is 5.76 Å². The van der Waals surface area contributed by atoms with E-state index in [1.807, 2.05) is 6.92 Å². The van der Waals surface area contributed by atoms with Gasteiger partial charge in [-0.1, -0.05) is 0 Å². The van der Waals surface area contributed by atoms with Gasteiger partial charge in [0, 0.05) is 44.6 Å². The number of nitrogens with zero attached hydrogens (tertiary/aromatic N) is 2. The lowest BCUT2D eigenvalue weighted by atomic mass is 9.91. The van der Waals surface area contributed by atoms with Crippen LogP contribution in [0.1, 0.15) is 30.3 Å². The Morgan fingerprint density at radius 2 is 1.91 bits per heavy atom. The third-order valence-electron chi connectivity index (χ3n) is 4.44. The van der Waals surface area contributed by atoms with Crippen molar-refractivity contribution in [3.63, 3.8) is 0 Å². The molecular weight excluding hydrogens is 298 g/mol. The predicted octanol–water partition coefficient (Wildman–Crippen LogP) is 0.479. The van der Waals surface area contributed by atoms with Gasteiger partial charge in [-0.15, -0.1) is 0 Å². The average Bonchev–Trinajstić information content (AvgIpc) is 3.07. The molecule has 1 aromatic rings. The van der Waals surface area contributed by atoms with Gasteiger partial charge < -0.3 is 19.5 Å². The molecule has 3 heterocycles. The number of hydrogen-bond acceptors (Lipinski definition) is 4. The lowest BCUT2D eigenvalue weighted by molar-refractivity contribution is -0.142. The topological polar surface area (TPSA) is 82.9 Å². The molecule has 0 spiro atoms. The van der Waals surface area contributed by atoms with Crippen LogP contribution in [0.5, 0.6) is 0 Å². The molecular formula is C16H21N3O4. The number of carbonyl (C=O) groups is 3. The maximum atomic E-state index is 12.6. The van der Waals surface area contributed by atoms with Crippen LogP contribution in [-0.2, 0) is 9.59 Å². The van der Waals surface area contributed by atoms with Crippen LogP contribution in [0.4, 0.5) is 0 Å². The van der Waals surface area contributed by atoms with Gasteiger partial charge >= 0.3 is 0 Å². The Balaban J connectivity index is 1.55. The van der Waals surface area contributed by atoms with Crippen molar-refractivity contribution < 1.29 is 18.8 Å². The van der Waals surface area contributed by atoms with Crippen LogP contribution < -0.4 is 5.32 Å². The van der Waals surface area contributed by atoms with E-state index in [4.69, 9.17) is 4.42 Å². The Hall–Kier alpha value is -2.31. The summed E-state index contributed by atoms with van der Waals surface area (Å²) in [6.45, 7) is 3.88. The summed E-state index contributed by atoms with van der Waals surface area (Å²) in [6, 6.07) is 3.36. The molecule has 0 saturated carbocycles. The molecule has 0 aliphatic carbocycles. The molecule has 3 amide bonds. The molecule has 1 N–H and O–H groups in total. The molecule has 2 saturated heterocycles. The predicted molar refractivity (Wildman–Crippen MR) is 81.5 cm³/mol. The molecule has 7 nitrogen and oxygen atoms in total. The third-order valence-corrected chi connectivity index (χ3v) is 4.44. The van der Waals surface area contributed by atoms with Crippen molar-refractivity contribution in [3.05, 3.63) is 24.2 Å². The van der Waals surface area contributed by atoms with Gasteiger partial charge in [-0.2, -0.15) is 0 Å². The van der Waals surface area contributed by atoms with Crippen molar-refractivity contribution in [1.82, 2.24) is 15.1 Å². The zero-order chi connectivity index (χ0) is 16.4. The summed E-state index contributed by atoms with van der Waals surface area (Å²) in [7, 11) is 0. The van der Waals surface area contributed by atoms with Crippen molar-refractivity contribution in [3.8, 4) is 0 Å². The molecule has 2 atom stereocenters. The van der Waals surface area contributed by atoms with E-state index in [1.54, 1.807) is 21.9 Å². The SMILES string of the molecule is C[C@@H]1C[C@@H](C(=O)N2CCN(C(=O)c3ccco3)CC2)CC(=O)N1. The molecule has 2 aliphatic heterocycles. The summed E-state index contributed by atoms with van der Waals surface area (Å²) in [4.78, 5) is 39.8. The van der Waals surface area contributed by atoms with E-state index in [-0.39, 0.29) is 36.1 Å². The van der Waals surface area contributed by atoms with E-state index < -0.39 is 0 Å². The monoisotopic (exact) mass is 319 g/mol. The molecule has 124 valence electrons. The zero-order valence-electron chi connectivity index (χ0n) is 13.2. The van der Waals surface area contributed by atoms with Crippen molar-refractivity contribution in [1.29, 1.82) is 0 Å². The zero-order valence-corrected chi connectivity index (χ0v) is 13.2. The van der Waals surface area contributed by atoms with E-state index in [1.165, 1.54) is 6.26 Å². The Morgan fingerprint density at radius 1 is 1.22 bits per heavy atom. The highest BCUT2D eigenvalue weighted by atomic mass is 16.3. The first kappa shape index (κ1) is 15.6. The minimum atomic E-state index is -0.244. The number of piperidine rings is 1. The van der Waals surface area contributed by atoms with Crippen LogP contribution in [0, 0.1) is 5.92 Å². The second-order valence-electron chi connectivity index (χ2n) is 6.20. The highest BCUT2D eigenvalue weighted by Crippen LogP contribution is 2.21. The lowest BCUT2D eigenvalue weighted by Gasteiger charge is -2.37. The molecule has 1 aromatic heterocycles. The maximum absolute atomic E-state index is 12.6. The number of piperazine rings is 1. The first-order valence-electron chi connectivity index (χ1n) is 7.95. The summed E-state index contributed by atoms with van der Waals surface area (Å²) in [6.07, 6.45) is 2.41. The summed E-state index contributed by atoms with van der Waals surface area (Å²) < 4.78 is 5.13. The minimum absolute atomic E-state index is 0.0248.